The molecule has 0 radical (unpaired) electrons. The fraction of sp³-hybridized carbons (Fsp3) is 0.923. The van der Waals surface area contributed by atoms with Crippen LogP contribution in [0.1, 0.15) is 39.5 Å². The van der Waals surface area contributed by atoms with Gasteiger partial charge < -0.3 is 15.8 Å². The number of hydrogen-bond acceptors (Lipinski definition) is 5. The third kappa shape index (κ3) is 7.73. The van der Waals surface area contributed by atoms with Crippen molar-refractivity contribution in [3.8, 4) is 0 Å². The van der Waals surface area contributed by atoms with Gasteiger partial charge in [0.05, 0.1) is 30.5 Å². The molecule has 0 heterocycles. The molecule has 0 saturated heterocycles. The monoisotopic (exact) mass is 357 g/mol. The first-order valence-electron chi connectivity index (χ1n) is 7.39. The minimum Gasteiger partial charge on any atom is -0.378 e. The quantitative estimate of drug-likeness (QED) is 0.543. The van der Waals surface area contributed by atoms with Crippen LogP contribution in [0.4, 0.5) is 0 Å². The van der Waals surface area contributed by atoms with Crippen LogP contribution in [0, 0.1) is 0 Å². The van der Waals surface area contributed by atoms with E-state index in [2.05, 4.69) is 10.0 Å². The van der Waals surface area contributed by atoms with E-state index < -0.39 is 10.0 Å². The number of hydrogen-bond donors (Lipinski definition) is 3. The summed E-state index contributed by atoms with van der Waals surface area (Å²) in [6.45, 7) is 3.91. The number of nitrogens with one attached hydrogen (secondary N) is 2. The summed E-state index contributed by atoms with van der Waals surface area (Å²) >= 11 is 0. The van der Waals surface area contributed by atoms with E-state index in [9.17, 15) is 13.2 Å². The number of halogens is 1. The van der Waals surface area contributed by atoms with Crippen LogP contribution in [0.15, 0.2) is 0 Å². The summed E-state index contributed by atoms with van der Waals surface area (Å²) in [5.41, 5.74) is 5.37. The Bertz CT molecular complexity index is 437. The molecule has 22 heavy (non-hydrogen) atoms. The largest absolute Gasteiger partial charge is 0.378 e. The fourth-order valence-corrected chi connectivity index (χ4v) is 3.22. The Morgan fingerprint density at radius 3 is 2.41 bits per heavy atom. The topological polar surface area (TPSA) is 111 Å². The molecule has 0 spiro atoms. The maximum absolute atomic E-state index is 11.9. The molecule has 9 heteroatoms. The molecule has 0 aliphatic heterocycles. The minimum atomic E-state index is -3.50. The second-order valence-corrected chi connectivity index (χ2v) is 7.73. The van der Waals surface area contributed by atoms with Gasteiger partial charge in [-0.2, -0.15) is 0 Å². The molecular weight excluding hydrogens is 330 g/mol. The van der Waals surface area contributed by atoms with Crippen LogP contribution >= 0.6 is 12.4 Å². The zero-order valence-corrected chi connectivity index (χ0v) is 14.9. The highest BCUT2D eigenvalue weighted by atomic mass is 35.5. The van der Waals surface area contributed by atoms with Crippen molar-refractivity contribution in [2.75, 3.05) is 25.4 Å². The van der Waals surface area contributed by atoms with Crippen molar-refractivity contribution < 1.29 is 17.9 Å². The van der Waals surface area contributed by atoms with E-state index in [0.29, 0.717) is 6.54 Å². The molecule has 1 saturated carbocycles. The first kappa shape index (κ1) is 21.6. The Kier molecular flexibility index (Phi) is 9.49. The summed E-state index contributed by atoms with van der Waals surface area (Å²) in [4.78, 5) is 11.9. The normalized spacial score (nSPS) is 17.3. The molecule has 132 valence electrons. The minimum absolute atomic E-state index is 0. The molecule has 1 rings (SSSR count). The van der Waals surface area contributed by atoms with Crippen molar-refractivity contribution in [2.24, 2.45) is 5.73 Å². The van der Waals surface area contributed by atoms with Crippen molar-refractivity contribution in [2.45, 2.75) is 51.2 Å². The van der Waals surface area contributed by atoms with E-state index in [4.69, 9.17) is 10.5 Å². The van der Waals surface area contributed by atoms with Crippen LogP contribution in [0.25, 0.3) is 0 Å². The van der Waals surface area contributed by atoms with Crippen LogP contribution in [-0.4, -0.2) is 51.4 Å². The molecule has 0 aromatic rings. The fourth-order valence-electron chi connectivity index (χ4n) is 2.41. The van der Waals surface area contributed by atoms with Gasteiger partial charge in [0.15, 0.2) is 0 Å². The second kappa shape index (κ2) is 9.67. The van der Waals surface area contributed by atoms with Gasteiger partial charge in [0.25, 0.3) is 0 Å². The SMILES string of the molecule is CC(C)OCCS(=O)(=O)NCC(=O)NC1(CN)CCCC1.Cl. The van der Waals surface area contributed by atoms with Gasteiger partial charge in [-0.05, 0) is 26.7 Å². The Hall–Kier alpha value is -0.410. The van der Waals surface area contributed by atoms with E-state index in [1.165, 1.54) is 0 Å². The Morgan fingerprint density at radius 2 is 1.91 bits per heavy atom. The molecule has 0 bridgehead atoms. The predicted octanol–water partition coefficient (Wildman–Crippen LogP) is 0.140. The van der Waals surface area contributed by atoms with Crippen LogP contribution in [0.5, 0.6) is 0 Å². The first-order valence-corrected chi connectivity index (χ1v) is 9.04. The molecule has 1 aliphatic rings. The zero-order chi connectivity index (χ0) is 15.9. The molecule has 1 fully saturated rings. The Labute approximate surface area is 139 Å². The van der Waals surface area contributed by atoms with Crippen LogP contribution in [-0.2, 0) is 19.6 Å². The van der Waals surface area contributed by atoms with Gasteiger partial charge in [0.2, 0.25) is 15.9 Å². The molecule has 0 atom stereocenters. The maximum Gasteiger partial charge on any atom is 0.235 e. The molecule has 7 nitrogen and oxygen atoms in total. The van der Waals surface area contributed by atoms with Crippen LogP contribution in [0.3, 0.4) is 0 Å². The lowest BCUT2D eigenvalue weighted by molar-refractivity contribution is -0.121. The van der Waals surface area contributed by atoms with Gasteiger partial charge in [-0.15, -0.1) is 12.4 Å². The maximum atomic E-state index is 11.9. The Morgan fingerprint density at radius 1 is 1.32 bits per heavy atom. The third-order valence-electron chi connectivity index (χ3n) is 3.61. The molecule has 1 aliphatic carbocycles. The number of amides is 1. The highest BCUT2D eigenvalue weighted by Crippen LogP contribution is 2.28. The van der Waals surface area contributed by atoms with Gasteiger partial charge in [-0.1, -0.05) is 12.8 Å². The molecule has 0 aromatic carbocycles. The number of carbonyl (C=O) groups excluding carboxylic acids is 1. The molecule has 0 aromatic heterocycles. The summed E-state index contributed by atoms with van der Waals surface area (Å²) in [5, 5.41) is 2.87. The average Bonchev–Trinajstić information content (AvgIpc) is 2.85. The number of carbonyl (C=O) groups is 1. The van der Waals surface area contributed by atoms with Crippen molar-refractivity contribution in [1.82, 2.24) is 10.0 Å². The zero-order valence-electron chi connectivity index (χ0n) is 13.3. The van der Waals surface area contributed by atoms with Gasteiger partial charge in [0, 0.05) is 6.54 Å². The van der Waals surface area contributed by atoms with E-state index in [1.807, 2.05) is 13.8 Å². The van der Waals surface area contributed by atoms with E-state index >= 15 is 0 Å². The lowest BCUT2D eigenvalue weighted by atomic mass is 9.98. The predicted molar refractivity (Wildman–Crippen MR) is 88.5 cm³/mol. The van der Waals surface area contributed by atoms with Crippen molar-refractivity contribution >= 4 is 28.3 Å². The summed E-state index contributed by atoms with van der Waals surface area (Å²) in [6, 6.07) is 0. The van der Waals surface area contributed by atoms with Gasteiger partial charge in [-0.3, -0.25) is 4.79 Å². The van der Waals surface area contributed by atoms with E-state index in [1.54, 1.807) is 0 Å². The van der Waals surface area contributed by atoms with Gasteiger partial charge in [-0.25, -0.2) is 13.1 Å². The van der Waals surface area contributed by atoms with E-state index in [-0.39, 0.29) is 48.9 Å². The molecule has 0 unspecified atom stereocenters. The van der Waals surface area contributed by atoms with Gasteiger partial charge in [0.1, 0.15) is 0 Å². The summed E-state index contributed by atoms with van der Waals surface area (Å²) < 4.78 is 30.9. The summed E-state index contributed by atoms with van der Waals surface area (Å²) in [5.74, 6) is -0.490. The van der Waals surface area contributed by atoms with Crippen molar-refractivity contribution in [1.29, 1.82) is 0 Å². The van der Waals surface area contributed by atoms with Crippen molar-refractivity contribution in [3.63, 3.8) is 0 Å². The van der Waals surface area contributed by atoms with Crippen LogP contribution < -0.4 is 15.8 Å². The Balaban J connectivity index is 0.00000441. The smallest absolute Gasteiger partial charge is 0.235 e. The lowest BCUT2D eigenvalue weighted by Gasteiger charge is -2.28. The average molecular weight is 358 g/mol. The highest BCUT2D eigenvalue weighted by Gasteiger charge is 2.33. The van der Waals surface area contributed by atoms with Gasteiger partial charge >= 0.3 is 0 Å². The lowest BCUT2D eigenvalue weighted by Crippen LogP contribution is -2.54. The van der Waals surface area contributed by atoms with E-state index in [0.717, 1.165) is 25.7 Å². The number of nitrogens with two attached hydrogens (primary N) is 1. The second-order valence-electron chi connectivity index (χ2n) is 5.80. The number of ether oxygens (including phenoxy) is 1. The van der Waals surface area contributed by atoms with Crippen LogP contribution in [0.2, 0.25) is 0 Å². The summed E-state index contributed by atoms with van der Waals surface area (Å²) in [6.07, 6.45) is 3.76. The standard InChI is InChI=1S/C13H27N3O4S.ClH/c1-11(2)20-7-8-21(18,19)15-9-12(17)16-13(10-14)5-3-4-6-13;/h11,15H,3-10,14H2,1-2H3,(H,16,17);1H. The number of rotatable bonds is 9. The molecule has 1 amide bonds. The van der Waals surface area contributed by atoms with Crippen molar-refractivity contribution in [3.05, 3.63) is 0 Å². The number of sulfonamides is 1. The third-order valence-corrected chi connectivity index (χ3v) is 4.90. The first-order chi connectivity index (χ1) is 9.79. The molecule has 4 N–H and O–H groups in total. The highest BCUT2D eigenvalue weighted by molar-refractivity contribution is 7.89. The molecular formula is C13H28ClN3O4S. The summed E-state index contributed by atoms with van der Waals surface area (Å²) in [7, 11) is -3.50.